The molecule has 1 rings (SSSR count). The van der Waals surface area contributed by atoms with E-state index in [0.717, 1.165) is 18.7 Å². The highest BCUT2D eigenvalue weighted by atomic mass is 16.5. The number of hydrogen-bond donors (Lipinski definition) is 2. The quantitative estimate of drug-likeness (QED) is 0.650. The summed E-state index contributed by atoms with van der Waals surface area (Å²) in [5, 5.41) is 3.20. The summed E-state index contributed by atoms with van der Waals surface area (Å²) in [7, 11) is 0. The van der Waals surface area contributed by atoms with E-state index in [4.69, 9.17) is 10.5 Å². The Morgan fingerprint density at radius 2 is 2.36 bits per heavy atom. The van der Waals surface area contributed by atoms with Crippen molar-refractivity contribution in [2.45, 2.75) is 13.5 Å². The fourth-order valence-corrected chi connectivity index (χ4v) is 1.08. The van der Waals surface area contributed by atoms with Crippen LogP contribution in [0.15, 0.2) is 18.3 Å². The first kappa shape index (κ1) is 10.9. The topological polar surface area (TPSA) is 60.2 Å². The lowest BCUT2D eigenvalue weighted by Crippen LogP contribution is -2.21. The molecular weight excluding hydrogens is 178 g/mol. The predicted octanol–water partition coefficient (Wildman–Crippen LogP) is 0.529. The molecule has 1 aromatic heterocycles. The second-order valence-corrected chi connectivity index (χ2v) is 2.90. The Morgan fingerprint density at radius 3 is 2.93 bits per heavy atom. The summed E-state index contributed by atoms with van der Waals surface area (Å²) in [6.07, 6.45) is 1.81. The SMILES string of the molecule is CCOc1ccc(CNCCN)cn1. The highest BCUT2D eigenvalue weighted by molar-refractivity contribution is 5.17. The molecule has 78 valence electrons. The Hall–Kier alpha value is -1.13. The van der Waals surface area contributed by atoms with Gasteiger partial charge in [-0.25, -0.2) is 4.98 Å². The van der Waals surface area contributed by atoms with Crippen LogP contribution in [0.1, 0.15) is 12.5 Å². The van der Waals surface area contributed by atoms with Gasteiger partial charge in [-0.3, -0.25) is 0 Å². The number of aromatic nitrogens is 1. The molecule has 0 fully saturated rings. The summed E-state index contributed by atoms with van der Waals surface area (Å²) in [4.78, 5) is 4.15. The molecule has 0 aliphatic heterocycles. The van der Waals surface area contributed by atoms with Crippen molar-refractivity contribution in [1.82, 2.24) is 10.3 Å². The molecule has 0 aliphatic carbocycles. The summed E-state index contributed by atoms with van der Waals surface area (Å²) < 4.78 is 5.23. The van der Waals surface area contributed by atoms with Gasteiger partial charge in [-0.2, -0.15) is 0 Å². The van der Waals surface area contributed by atoms with Crippen LogP contribution in [0.4, 0.5) is 0 Å². The number of ether oxygens (including phenoxy) is 1. The van der Waals surface area contributed by atoms with Gasteiger partial charge in [-0.05, 0) is 12.5 Å². The maximum atomic E-state index is 5.36. The lowest BCUT2D eigenvalue weighted by atomic mass is 10.3. The number of nitrogens with two attached hydrogens (primary N) is 1. The van der Waals surface area contributed by atoms with E-state index in [-0.39, 0.29) is 0 Å². The molecule has 0 aromatic carbocycles. The van der Waals surface area contributed by atoms with Crippen molar-refractivity contribution in [3.8, 4) is 5.88 Å². The first-order valence-electron chi connectivity index (χ1n) is 4.85. The molecule has 14 heavy (non-hydrogen) atoms. The van der Waals surface area contributed by atoms with E-state index in [2.05, 4.69) is 10.3 Å². The molecule has 0 bridgehead atoms. The molecule has 0 amide bonds. The van der Waals surface area contributed by atoms with Crippen LogP contribution in [-0.2, 0) is 6.54 Å². The Kier molecular flexibility index (Phi) is 4.96. The molecule has 0 saturated carbocycles. The van der Waals surface area contributed by atoms with Crippen molar-refractivity contribution in [2.24, 2.45) is 5.73 Å². The van der Waals surface area contributed by atoms with Gasteiger partial charge in [0.1, 0.15) is 0 Å². The van der Waals surface area contributed by atoms with Gasteiger partial charge in [-0.15, -0.1) is 0 Å². The maximum Gasteiger partial charge on any atom is 0.213 e. The van der Waals surface area contributed by atoms with E-state index in [9.17, 15) is 0 Å². The normalized spacial score (nSPS) is 10.1. The average Bonchev–Trinajstić information content (AvgIpc) is 2.21. The van der Waals surface area contributed by atoms with Crippen LogP contribution >= 0.6 is 0 Å². The summed E-state index contributed by atoms with van der Waals surface area (Å²) in [5.41, 5.74) is 6.50. The molecule has 4 heteroatoms. The van der Waals surface area contributed by atoms with Gasteiger partial charge in [0.25, 0.3) is 0 Å². The zero-order chi connectivity index (χ0) is 10.2. The average molecular weight is 195 g/mol. The van der Waals surface area contributed by atoms with E-state index in [0.29, 0.717) is 19.0 Å². The van der Waals surface area contributed by atoms with Crippen molar-refractivity contribution in [3.05, 3.63) is 23.9 Å². The molecule has 0 atom stereocenters. The van der Waals surface area contributed by atoms with Crippen LogP contribution in [-0.4, -0.2) is 24.7 Å². The zero-order valence-corrected chi connectivity index (χ0v) is 8.49. The van der Waals surface area contributed by atoms with Crippen LogP contribution in [0.3, 0.4) is 0 Å². The Morgan fingerprint density at radius 1 is 1.50 bits per heavy atom. The van der Waals surface area contributed by atoms with Crippen LogP contribution in [0.2, 0.25) is 0 Å². The lowest BCUT2D eigenvalue weighted by molar-refractivity contribution is 0.326. The zero-order valence-electron chi connectivity index (χ0n) is 8.49. The van der Waals surface area contributed by atoms with E-state index in [1.807, 2.05) is 25.3 Å². The number of nitrogens with one attached hydrogen (secondary N) is 1. The molecule has 1 heterocycles. The third-order valence-electron chi connectivity index (χ3n) is 1.74. The van der Waals surface area contributed by atoms with E-state index >= 15 is 0 Å². The monoisotopic (exact) mass is 195 g/mol. The number of rotatable bonds is 6. The van der Waals surface area contributed by atoms with Gasteiger partial charge < -0.3 is 15.8 Å². The predicted molar refractivity (Wildman–Crippen MR) is 56.2 cm³/mol. The summed E-state index contributed by atoms with van der Waals surface area (Å²) in [5.74, 6) is 0.676. The fourth-order valence-electron chi connectivity index (χ4n) is 1.08. The number of hydrogen-bond acceptors (Lipinski definition) is 4. The Bertz CT molecular complexity index is 248. The first-order valence-corrected chi connectivity index (χ1v) is 4.85. The molecule has 3 N–H and O–H groups in total. The molecule has 0 radical (unpaired) electrons. The minimum absolute atomic E-state index is 0.651. The molecule has 0 spiro atoms. The van der Waals surface area contributed by atoms with Gasteiger partial charge in [0.15, 0.2) is 0 Å². The highest BCUT2D eigenvalue weighted by Gasteiger charge is 1.95. The van der Waals surface area contributed by atoms with Crippen molar-refractivity contribution in [1.29, 1.82) is 0 Å². The largest absolute Gasteiger partial charge is 0.478 e. The van der Waals surface area contributed by atoms with Gasteiger partial charge in [-0.1, -0.05) is 6.07 Å². The van der Waals surface area contributed by atoms with E-state index in [1.54, 1.807) is 0 Å². The summed E-state index contributed by atoms with van der Waals surface area (Å²) >= 11 is 0. The first-order chi connectivity index (χ1) is 6.86. The van der Waals surface area contributed by atoms with Gasteiger partial charge in [0.2, 0.25) is 5.88 Å². The van der Waals surface area contributed by atoms with Gasteiger partial charge >= 0.3 is 0 Å². The lowest BCUT2D eigenvalue weighted by Gasteiger charge is -2.04. The Labute approximate surface area is 84.5 Å². The molecule has 0 unspecified atom stereocenters. The van der Waals surface area contributed by atoms with Crippen LogP contribution in [0.5, 0.6) is 5.88 Å². The third kappa shape index (κ3) is 3.72. The van der Waals surface area contributed by atoms with Crippen molar-refractivity contribution >= 4 is 0 Å². The fraction of sp³-hybridized carbons (Fsp3) is 0.500. The van der Waals surface area contributed by atoms with Crippen LogP contribution < -0.4 is 15.8 Å². The smallest absolute Gasteiger partial charge is 0.213 e. The number of pyridine rings is 1. The van der Waals surface area contributed by atoms with Crippen molar-refractivity contribution < 1.29 is 4.74 Å². The molecule has 4 nitrogen and oxygen atoms in total. The van der Waals surface area contributed by atoms with Gasteiger partial charge in [0, 0.05) is 31.9 Å². The summed E-state index contributed by atoms with van der Waals surface area (Å²) in [6, 6.07) is 3.88. The molecule has 1 aromatic rings. The summed E-state index contributed by atoms with van der Waals surface area (Å²) in [6.45, 7) is 4.88. The second-order valence-electron chi connectivity index (χ2n) is 2.90. The molecule has 0 aliphatic rings. The maximum absolute atomic E-state index is 5.36. The van der Waals surface area contributed by atoms with E-state index < -0.39 is 0 Å². The standard InChI is InChI=1S/C10H17N3O/c1-2-14-10-4-3-9(8-13-10)7-12-6-5-11/h3-4,8,12H,2,5-7,11H2,1H3. The minimum atomic E-state index is 0.651. The van der Waals surface area contributed by atoms with Crippen LogP contribution in [0, 0.1) is 0 Å². The van der Waals surface area contributed by atoms with Crippen LogP contribution in [0.25, 0.3) is 0 Å². The Balaban J connectivity index is 2.38. The second kappa shape index (κ2) is 6.34. The third-order valence-corrected chi connectivity index (χ3v) is 1.74. The van der Waals surface area contributed by atoms with Gasteiger partial charge in [0.05, 0.1) is 6.61 Å². The van der Waals surface area contributed by atoms with E-state index in [1.165, 1.54) is 0 Å². The van der Waals surface area contributed by atoms with Crippen molar-refractivity contribution in [2.75, 3.05) is 19.7 Å². The van der Waals surface area contributed by atoms with Crippen molar-refractivity contribution in [3.63, 3.8) is 0 Å². The minimum Gasteiger partial charge on any atom is -0.478 e. The molecular formula is C10H17N3O. The highest BCUT2D eigenvalue weighted by Crippen LogP contribution is 2.06. The molecule has 0 saturated heterocycles. The number of nitrogens with zero attached hydrogens (tertiary/aromatic N) is 1.